The lowest BCUT2D eigenvalue weighted by Crippen LogP contribution is -2.47. The number of fused-ring (bicyclic) bond motifs is 3. The lowest BCUT2D eigenvalue weighted by Gasteiger charge is -2.32. The number of rotatable bonds is 6. The topological polar surface area (TPSA) is 12.5 Å². The van der Waals surface area contributed by atoms with Crippen LogP contribution in [0.5, 0.6) is 5.75 Å². The summed E-state index contributed by atoms with van der Waals surface area (Å²) < 4.78 is 6.40. The molecule has 2 unspecified atom stereocenters. The van der Waals surface area contributed by atoms with E-state index in [-0.39, 0.29) is 0 Å². The second-order valence-electron chi connectivity index (χ2n) is 10.6. The number of allylic oxidation sites excluding steroid dienone is 4. The molecule has 0 spiro atoms. The fraction of sp³-hybridized carbons (Fsp3) is 0.250. The Kier molecular flexibility index (Phi) is 5.53. The fourth-order valence-electron chi connectivity index (χ4n) is 6.26. The molecule has 0 bridgehead atoms. The molecule has 2 atom stereocenters. The Labute approximate surface area is 209 Å². The smallest absolute Gasteiger partial charge is 0.126 e. The van der Waals surface area contributed by atoms with Crippen molar-refractivity contribution in [2.75, 3.05) is 19.7 Å². The summed E-state index contributed by atoms with van der Waals surface area (Å²) in [6.45, 7) is 11.6. The van der Waals surface area contributed by atoms with Gasteiger partial charge in [-0.15, -0.1) is 0 Å². The van der Waals surface area contributed by atoms with Gasteiger partial charge in [0.15, 0.2) is 0 Å². The van der Waals surface area contributed by atoms with Gasteiger partial charge in [0.1, 0.15) is 12.4 Å². The zero-order valence-electron chi connectivity index (χ0n) is 20.7. The van der Waals surface area contributed by atoms with Gasteiger partial charge in [-0.3, -0.25) is 0 Å². The third-order valence-electron chi connectivity index (χ3n) is 8.14. The molecule has 3 aromatic carbocycles. The van der Waals surface area contributed by atoms with Gasteiger partial charge >= 0.3 is 0 Å². The highest BCUT2D eigenvalue weighted by Crippen LogP contribution is 2.45. The van der Waals surface area contributed by atoms with Crippen LogP contribution in [-0.2, 0) is 0 Å². The van der Waals surface area contributed by atoms with Crippen molar-refractivity contribution >= 4 is 29.7 Å². The number of benzene rings is 3. The molecule has 2 nitrogen and oxygen atoms in total. The Morgan fingerprint density at radius 2 is 1.89 bits per heavy atom. The minimum absolute atomic E-state index is 0.399. The van der Waals surface area contributed by atoms with Crippen LogP contribution < -0.4 is 9.92 Å². The van der Waals surface area contributed by atoms with E-state index in [0.29, 0.717) is 18.1 Å². The molecule has 1 heterocycles. The van der Waals surface area contributed by atoms with Gasteiger partial charge in [0.25, 0.3) is 0 Å². The molecule has 1 saturated heterocycles. The van der Waals surface area contributed by atoms with Crippen LogP contribution in [0, 0.1) is 5.92 Å². The summed E-state index contributed by atoms with van der Waals surface area (Å²) in [5, 5.41) is 3.81. The normalized spacial score (nSPS) is 20.9. The van der Waals surface area contributed by atoms with Gasteiger partial charge in [0, 0.05) is 41.2 Å². The van der Waals surface area contributed by atoms with Crippen LogP contribution in [0.4, 0.5) is 0 Å². The van der Waals surface area contributed by atoms with E-state index >= 15 is 0 Å². The highest BCUT2D eigenvalue weighted by atomic mass is 28.3. The average molecular weight is 476 g/mol. The first-order valence-electron chi connectivity index (χ1n) is 12.8. The van der Waals surface area contributed by atoms with E-state index in [0.717, 1.165) is 18.8 Å². The molecular formula is C32H33NOSi. The molecule has 35 heavy (non-hydrogen) atoms. The predicted molar refractivity (Wildman–Crippen MR) is 151 cm³/mol. The van der Waals surface area contributed by atoms with Gasteiger partial charge in [0.2, 0.25) is 0 Å². The van der Waals surface area contributed by atoms with Crippen molar-refractivity contribution in [3.8, 4) is 5.75 Å². The number of ether oxygens (including phenoxy) is 1. The first-order chi connectivity index (χ1) is 17.1. The van der Waals surface area contributed by atoms with Gasteiger partial charge in [-0.05, 0) is 28.1 Å². The second-order valence-corrected chi connectivity index (χ2v) is 15.2. The van der Waals surface area contributed by atoms with Crippen LogP contribution in [-0.4, -0.2) is 32.7 Å². The fourth-order valence-corrected chi connectivity index (χ4v) is 9.50. The first-order valence-corrected chi connectivity index (χ1v) is 15.8. The molecule has 176 valence electrons. The molecule has 6 rings (SSSR count). The number of hydrogen-bond donors (Lipinski definition) is 0. The summed E-state index contributed by atoms with van der Waals surface area (Å²) in [4.78, 5) is 2.63. The number of nitrogens with zero attached hydrogens (tertiary/aromatic N) is 1. The summed E-state index contributed by atoms with van der Waals surface area (Å²) in [6.07, 6.45) is 12.5. The van der Waals surface area contributed by atoms with Crippen molar-refractivity contribution in [2.24, 2.45) is 5.92 Å². The monoisotopic (exact) mass is 475 g/mol. The van der Waals surface area contributed by atoms with Crippen molar-refractivity contribution in [1.82, 2.24) is 4.90 Å². The molecule has 3 aromatic rings. The molecule has 0 radical (unpaired) electrons. The maximum Gasteiger partial charge on any atom is 0.126 e. The van der Waals surface area contributed by atoms with Crippen LogP contribution in [0.25, 0.3) is 16.5 Å². The number of likely N-dealkylation sites (tertiary alicyclic amines) is 1. The van der Waals surface area contributed by atoms with Crippen molar-refractivity contribution in [3.05, 3.63) is 114 Å². The van der Waals surface area contributed by atoms with Crippen LogP contribution in [0.2, 0.25) is 13.1 Å². The van der Waals surface area contributed by atoms with Gasteiger partial charge in [-0.2, -0.15) is 0 Å². The maximum atomic E-state index is 6.40. The summed E-state index contributed by atoms with van der Waals surface area (Å²) >= 11 is 0. The van der Waals surface area contributed by atoms with E-state index in [9.17, 15) is 0 Å². The molecule has 0 saturated carbocycles. The number of hydrogen-bond acceptors (Lipinski definition) is 2. The predicted octanol–water partition coefficient (Wildman–Crippen LogP) is 6.82. The van der Waals surface area contributed by atoms with E-state index < -0.39 is 8.07 Å². The Balaban J connectivity index is 1.44. The molecule has 0 aromatic heterocycles. The van der Waals surface area contributed by atoms with Crippen molar-refractivity contribution in [1.29, 1.82) is 0 Å². The van der Waals surface area contributed by atoms with Crippen LogP contribution in [0.1, 0.15) is 23.1 Å². The van der Waals surface area contributed by atoms with E-state index in [1.807, 2.05) is 6.08 Å². The zero-order valence-corrected chi connectivity index (χ0v) is 21.7. The minimum atomic E-state index is -2.03. The van der Waals surface area contributed by atoms with Crippen LogP contribution in [0.3, 0.4) is 0 Å². The molecule has 1 fully saturated rings. The summed E-state index contributed by atoms with van der Waals surface area (Å²) in [5.74, 6) is 1.71. The average Bonchev–Trinajstić information content (AvgIpc) is 3.49. The molecule has 0 N–H and O–H groups in total. The van der Waals surface area contributed by atoms with E-state index in [4.69, 9.17) is 4.74 Å². The molecule has 2 aliphatic carbocycles. The Bertz CT molecular complexity index is 1400. The highest BCUT2D eigenvalue weighted by molar-refractivity contribution is 6.92. The van der Waals surface area contributed by atoms with Gasteiger partial charge < -0.3 is 9.64 Å². The third-order valence-corrected chi connectivity index (χ3v) is 12.0. The Morgan fingerprint density at radius 3 is 2.74 bits per heavy atom. The van der Waals surface area contributed by atoms with E-state index in [1.165, 1.54) is 39.2 Å². The minimum Gasteiger partial charge on any atom is -0.489 e. The quantitative estimate of drug-likeness (QED) is 0.287. The van der Waals surface area contributed by atoms with Gasteiger partial charge in [-0.1, -0.05) is 111 Å². The van der Waals surface area contributed by atoms with E-state index in [1.54, 1.807) is 5.57 Å². The SMILES string of the molecule is C=CCOc1c([Si](C)(C)C2C=C(N3CC4=CC=CCC4C3)c3ccccc32)ccc2ccccc12. The third kappa shape index (κ3) is 3.70. The lowest BCUT2D eigenvalue weighted by atomic mass is 9.95. The summed E-state index contributed by atoms with van der Waals surface area (Å²) in [6, 6.07) is 22.3. The summed E-state index contributed by atoms with van der Waals surface area (Å²) in [5.41, 5.74) is 6.30. The lowest BCUT2D eigenvalue weighted by molar-refractivity contribution is 0.370. The molecule has 3 heteroatoms. The van der Waals surface area contributed by atoms with Crippen molar-refractivity contribution in [3.63, 3.8) is 0 Å². The van der Waals surface area contributed by atoms with Gasteiger partial charge in [-0.25, -0.2) is 0 Å². The van der Waals surface area contributed by atoms with Crippen LogP contribution >= 0.6 is 0 Å². The molecule has 1 aliphatic heterocycles. The molecule has 0 amide bonds. The second kappa shape index (κ2) is 8.73. The molecular weight excluding hydrogens is 442 g/mol. The van der Waals surface area contributed by atoms with Crippen molar-refractivity contribution < 1.29 is 4.74 Å². The summed E-state index contributed by atoms with van der Waals surface area (Å²) in [7, 11) is -2.03. The van der Waals surface area contributed by atoms with Gasteiger partial charge in [0.05, 0.1) is 8.07 Å². The zero-order chi connectivity index (χ0) is 24.0. The largest absolute Gasteiger partial charge is 0.489 e. The van der Waals surface area contributed by atoms with Crippen LogP contribution in [0.15, 0.2) is 103 Å². The first kappa shape index (κ1) is 22.2. The van der Waals surface area contributed by atoms with E-state index in [2.05, 4.69) is 110 Å². The Hall–Kier alpha value is -3.30. The Morgan fingerprint density at radius 1 is 1.06 bits per heavy atom. The molecule has 3 aliphatic rings. The highest BCUT2D eigenvalue weighted by Gasteiger charge is 2.42. The maximum absolute atomic E-state index is 6.40. The van der Waals surface area contributed by atoms with Crippen molar-refractivity contribution in [2.45, 2.75) is 25.1 Å². The standard InChI is InChI=1S/C32H33NOSi/c1-4-19-34-32-26-14-8-7-11-23(26)17-18-30(32)35(2,3)31-20-29(27-15-9-10-16-28(27)31)33-21-24-12-5-6-13-25(24)22-33/h4-12,14-18,20,25,31H,1,13,19,21-22H2,2-3H3.